The largest absolute Gasteiger partial charge is 0.337 e. The minimum absolute atomic E-state index is 0.282. The van der Waals surface area contributed by atoms with Crippen LogP contribution in [0.3, 0.4) is 0 Å². The lowest BCUT2D eigenvalue weighted by atomic mass is 10.2. The number of benzene rings is 1. The van der Waals surface area contributed by atoms with E-state index < -0.39 is 0 Å². The summed E-state index contributed by atoms with van der Waals surface area (Å²) in [6.07, 6.45) is 1.75. The number of aromatic nitrogens is 5. The summed E-state index contributed by atoms with van der Waals surface area (Å²) >= 11 is 6.45. The van der Waals surface area contributed by atoms with Gasteiger partial charge in [0.2, 0.25) is 0 Å². The van der Waals surface area contributed by atoms with Crippen molar-refractivity contribution in [3.05, 3.63) is 41.2 Å². The standard InChI is InChI=1S/C17H17ClN6/c1-9(2)24-10(3)12-7-11(8-13(18)15(12)23-24)20-17-16-14(21-22-17)5-4-6-19-16/h4-9H,1-3H3,(H2,20,21,22). The van der Waals surface area contributed by atoms with E-state index >= 15 is 0 Å². The molecule has 0 atom stereocenters. The first-order valence-corrected chi connectivity index (χ1v) is 8.17. The van der Waals surface area contributed by atoms with Crippen LogP contribution in [0.25, 0.3) is 21.9 Å². The van der Waals surface area contributed by atoms with Crippen LogP contribution in [-0.2, 0) is 0 Å². The van der Waals surface area contributed by atoms with Crippen LogP contribution in [0.2, 0.25) is 5.02 Å². The molecule has 0 spiro atoms. The summed E-state index contributed by atoms with van der Waals surface area (Å²) in [5, 5.41) is 16.8. The predicted octanol–water partition coefficient (Wildman–Crippen LogP) is 4.59. The van der Waals surface area contributed by atoms with Gasteiger partial charge < -0.3 is 5.32 Å². The van der Waals surface area contributed by atoms with E-state index in [1.807, 2.05) is 28.9 Å². The molecule has 0 aliphatic rings. The number of anilines is 2. The average molecular weight is 341 g/mol. The lowest BCUT2D eigenvalue weighted by Crippen LogP contribution is -2.04. The zero-order valence-electron chi connectivity index (χ0n) is 13.6. The summed E-state index contributed by atoms with van der Waals surface area (Å²) in [7, 11) is 0. The number of hydrogen-bond acceptors (Lipinski definition) is 4. The molecule has 0 fully saturated rings. The molecule has 0 radical (unpaired) electrons. The van der Waals surface area contributed by atoms with Crippen LogP contribution in [-0.4, -0.2) is 25.0 Å². The highest BCUT2D eigenvalue weighted by Gasteiger charge is 2.15. The van der Waals surface area contributed by atoms with E-state index in [0.717, 1.165) is 33.3 Å². The summed E-state index contributed by atoms with van der Waals surface area (Å²) in [6.45, 7) is 6.27. The molecule has 0 aliphatic heterocycles. The fraction of sp³-hybridized carbons (Fsp3) is 0.235. The number of pyridine rings is 1. The molecule has 24 heavy (non-hydrogen) atoms. The second kappa shape index (κ2) is 5.49. The van der Waals surface area contributed by atoms with Crippen molar-refractivity contribution in [1.29, 1.82) is 0 Å². The topological polar surface area (TPSA) is 71.4 Å². The quantitative estimate of drug-likeness (QED) is 0.572. The van der Waals surface area contributed by atoms with E-state index in [1.165, 1.54) is 0 Å². The van der Waals surface area contributed by atoms with Crippen LogP contribution in [0.5, 0.6) is 0 Å². The SMILES string of the molecule is Cc1c2cc(Nc3n[nH]c4cccnc34)cc(Cl)c2nn1C(C)C. The molecule has 3 heterocycles. The normalized spacial score (nSPS) is 11.7. The highest BCUT2D eigenvalue weighted by atomic mass is 35.5. The number of H-pyrrole nitrogens is 1. The van der Waals surface area contributed by atoms with Gasteiger partial charge in [0.25, 0.3) is 0 Å². The third-order valence-electron chi connectivity index (χ3n) is 4.08. The van der Waals surface area contributed by atoms with Crippen LogP contribution in [0.4, 0.5) is 11.5 Å². The summed E-state index contributed by atoms with van der Waals surface area (Å²) < 4.78 is 1.99. The molecular weight excluding hydrogens is 324 g/mol. The van der Waals surface area contributed by atoms with Gasteiger partial charge in [0, 0.05) is 29.0 Å². The predicted molar refractivity (Wildman–Crippen MR) is 97.0 cm³/mol. The van der Waals surface area contributed by atoms with Gasteiger partial charge in [0.1, 0.15) is 11.0 Å². The number of aryl methyl sites for hydroxylation is 1. The molecule has 0 aliphatic carbocycles. The first-order valence-electron chi connectivity index (χ1n) is 7.79. The highest BCUT2D eigenvalue weighted by molar-refractivity contribution is 6.35. The number of fused-ring (bicyclic) bond motifs is 2. The summed E-state index contributed by atoms with van der Waals surface area (Å²) in [4.78, 5) is 4.36. The number of halogens is 1. The first kappa shape index (κ1) is 15.0. The zero-order chi connectivity index (χ0) is 16.8. The van der Waals surface area contributed by atoms with Gasteiger partial charge in [-0.3, -0.25) is 14.8 Å². The zero-order valence-corrected chi connectivity index (χ0v) is 14.4. The number of nitrogens with zero attached hydrogens (tertiary/aromatic N) is 4. The monoisotopic (exact) mass is 340 g/mol. The maximum absolute atomic E-state index is 6.45. The minimum Gasteiger partial charge on any atom is -0.337 e. The Bertz CT molecular complexity index is 1050. The van der Waals surface area contributed by atoms with E-state index in [4.69, 9.17) is 11.6 Å². The van der Waals surface area contributed by atoms with Crippen molar-refractivity contribution in [2.45, 2.75) is 26.8 Å². The lowest BCUT2D eigenvalue weighted by Gasteiger charge is -2.07. The minimum atomic E-state index is 0.282. The smallest absolute Gasteiger partial charge is 0.178 e. The highest BCUT2D eigenvalue weighted by Crippen LogP contribution is 2.32. The van der Waals surface area contributed by atoms with Crippen molar-refractivity contribution in [2.24, 2.45) is 0 Å². The van der Waals surface area contributed by atoms with Gasteiger partial charge in [-0.05, 0) is 45.0 Å². The Hall–Kier alpha value is -2.60. The van der Waals surface area contributed by atoms with E-state index in [-0.39, 0.29) is 6.04 Å². The van der Waals surface area contributed by atoms with Crippen molar-refractivity contribution in [3.63, 3.8) is 0 Å². The van der Waals surface area contributed by atoms with Crippen molar-refractivity contribution in [2.75, 3.05) is 5.32 Å². The molecule has 0 bridgehead atoms. The molecule has 0 unspecified atom stereocenters. The van der Waals surface area contributed by atoms with Crippen molar-refractivity contribution < 1.29 is 0 Å². The number of nitrogens with one attached hydrogen (secondary N) is 2. The fourth-order valence-electron chi connectivity index (χ4n) is 2.93. The molecule has 4 rings (SSSR count). The summed E-state index contributed by atoms with van der Waals surface area (Å²) in [6, 6.07) is 8.00. The maximum Gasteiger partial charge on any atom is 0.178 e. The van der Waals surface area contributed by atoms with Gasteiger partial charge >= 0.3 is 0 Å². The van der Waals surface area contributed by atoms with Gasteiger partial charge in [0.05, 0.1) is 10.5 Å². The second-order valence-electron chi connectivity index (χ2n) is 6.07. The fourth-order valence-corrected chi connectivity index (χ4v) is 3.19. The molecule has 7 heteroatoms. The Morgan fingerprint density at radius 1 is 1.25 bits per heavy atom. The Morgan fingerprint density at radius 2 is 2.08 bits per heavy atom. The Kier molecular flexibility index (Phi) is 3.42. The number of aromatic amines is 1. The van der Waals surface area contributed by atoms with Crippen LogP contribution in [0.1, 0.15) is 25.6 Å². The molecular formula is C17H17ClN6. The molecule has 122 valence electrons. The van der Waals surface area contributed by atoms with E-state index in [0.29, 0.717) is 10.8 Å². The number of hydrogen-bond donors (Lipinski definition) is 2. The van der Waals surface area contributed by atoms with Crippen LogP contribution in [0.15, 0.2) is 30.5 Å². The maximum atomic E-state index is 6.45. The summed E-state index contributed by atoms with van der Waals surface area (Å²) in [5.41, 5.74) is 4.45. The molecule has 3 aromatic heterocycles. The van der Waals surface area contributed by atoms with E-state index in [9.17, 15) is 0 Å². The number of rotatable bonds is 3. The third-order valence-corrected chi connectivity index (χ3v) is 4.36. The Morgan fingerprint density at radius 3 is 2.88 bits per heavy atom. The molecule has 1 aromatic carbocycles. The van der Waals surface area contributed by atoms with Crippen molar-refractivity contribution >= 4 is 45.0 Å². The van der Waals surface area contributed by atoms with Gasteiger partial charge in [-0.2, -0.15) is 10.2 Å². The van der Waals surface area contributed by atoms with Crippen molar-refractivity contribution in [3.8, 4) is 0 Å². The summed E-state index contributed by atoms with van der Waals surface area (Å²) in [5.74, 6) is 0.676. The molecule has 0 saturated carbocycles. The third kappa shape index (κ3) is 2.30. The van der Waals surface area contributed by atoms with Gasteiger partial charge in [-0.1, -0.05) is 11.6 Å². The van der Waals surface area contributed by atoms with E-state index in [1.54, 1.807) is 6.20 Å². The molecule has 4 aromatic rings. The van der Waals surface area contributed by atoms with Crippen LogP contribution < -0.4 is 5.32 Å². The van der Waals surface area contributed by atoms with Gasteiger partial charge in [-0.25, -0.2) is 0 Å². The second-order valence-corrected chi connectivity index (χ2v) is 6.48. The van der Waals surface area contributed by atoms with Crippen LogP contribution >= 0.6 is 11.6 Å². The Labute approximate surface area is 143 Å². The molecule has 6 nitrogen and oxygen atoms in total. The van der Waals surface area contributed by atoms with Gasteiger partial charge in [-0.15, -0.1) is 0 Å². The lowest BCUT2D eigenvalue weighted by molar-refractivity contribution is 0.524. The first-order chi connectivity index (χ1) is 11.5. The molecule has 0 amide bonds. The molecule has 2 N–H and O–H groups in total. The van der Waals surface area contributed by atoms with E-state index in [2.05, 4.69) is 46.4 Å². The van der Waals surface area contributed by atoms with Gasteiger partial charge in [0.15, 0.2) is 5.82 Å². The van der Waals surface area contributed by atoms with Crippen LogP contribution in [0, 0.1) is 6.92 Å². The van der Waals surface area contributed by atoms with Crippen molar-refractivity contribution in [1.82, 2.24) is 25.0 Å². The Balaban J connectivity index is 1.81. The average Bonchev–Trinajstić information content (AvgIpc) is 3.10. The molecule has 0 saturated heterocycles.